The molecule has 0 bridgehead atoms. The van der Waals surface area contributed by atoms with Crippen molar-refractivity contribution in [3.63, 3.8) is 0 Å². The third-order valence-corrected chi connectivity index (χ3v) is 4.84. The average molecular weight is 289 g/mol. The van der Waals surface area contributed by atoms with Crippen LogP contribution in [0, 0.1) is 19.7 Å². The van der Waals surface area contributed by atoms with Gasteiger partial charge in [0.25, 0.3) is 0 Å². The lowest BCUT2D eigenvalue weighted by Crippen LogP contribution is -1.94. The molecular formula is C11H11ClFN2PS. The molecular weight excluding hydrogens is 278 g/mol. The summed E-state index contributed by atoms with van der Waals surface area (Å²) >= 11 is 7.40. The van der Waals surface area contributed by atoms with E-state index in [0.717, 1.165) is 35.5 Å². The highest BCUT2D eigenvalue weighted by atomic mass is 35.5. The molecule has 17 heavy (non-hydrogen) atoms. The van der Waals surface area contributed by atoms with Crippen LogP contribution in [-0.4, -0.2) is 15.7 Å². The fourth-order valence-electron chi connectivity index (χ4n) is 1.68. The summed E-state index contributed by atoms with van der Waals surface area (Å²) in [6, 6.07) is 0. The van der Waals surface area contributed by atoms with Gasteiger partial charge < -0.3 is 0 Å². The normalized spacial score (nSPS) is 11.6. The summed E-state index contributed by atoms with van der Waals surface area (Å²) < 4.78 is 14.9. The van der Waals surface area contributed by atoms with Crippen LogP contribution >= 0.6 is 31.6 Å². The van der Waals surface area contributed by atoms with Crippen LogP contribution in [0.25, 0.3) is 10.5 Å². The van der Waals surface area contributed by atoms with E-state index in [2.05, 4.69) is 16.9 Å². The van der Waals surface area contributed by atoms with Gasteiger partial charge in [0.2, 0.25) is 0 Å². The van der Waals surface area contributed by atoms with Gasteiger partial charge in [0.05, 0.1) is 5.12 Å². The second kappa shape index (κ2) is 5.05. The predicted molar refractivity (Wildman–Crippen MR) is 72.9 cm³/mol. The number of rotatable bonds is 2. The molecule has 2 aromatic rings. The first-order valence-corrected chi connectivity index (χ1v) is 7.43. The van der Waals surface area contributed by atoms with Crippen molar-refractivity contribution in [1.29, 1.82) is 0 Å². The second-order valence-corrected chi connectivity index (χ2v) is 6.56. The maximum Gasteiger partial charge on any atom is 0.173 e. The molecule has 0 amide bonds. The highest BCUT2D eigenvalue weighted by Gasteiger charge is 2.14. The minimum absolute atomic E-state index is 0.0516. The summed E-state index contributed by atoms with van der Waals surface area (Å²) in [6.07, 6.45) is 0. The summed E-state index contributed by atoms with van der Waals surface area (Å²) in [5, 5.41) is 1.35. The van der Waals surface area contributed by atoms with Crippen LogP contribution in [0.5, 0.6) is 0 Å². The Kier molecular flexibility index (Phi) is 3.86. The molecule has 0 fully saturated rings. The van der Waals surface area contributed by atoms with Crippen LogP contribution in [0.1, 0.15) is 18.3 Å². The van der Waals surface area contributed by atoms with Crippen molar-refractivity contribution in [3.8, 4) is 0 Å². The summed E-state index contributed by atoms with van der Waals surface area (Å²) in [6.45, 7) is 5.76. The number of hydrogen-bond donors (Lipinski definition) is 0. The molecule has 0 aromatic carbocycles. The molecule has 6 heteroatoms. The van der Waals surface area contributed by atoms with Gasteiger partial charge in [-0.05, 0) is 27.8 Å². The van der Waals surface area contributed by atoms with Gasteiger partial charge in [-0.25, -0.2) is 14.4 Å². The van der Waals surface area contributed by atoms with E-state index in [1.165, 1.54) is 0 Å². The zero-order valence-corrected chi connectivity index (χ0v) is 12.2. The Hall–Kier alpha value is -0.440. The Morgan fingerprint density at radius 2 is 1.94 bits per heavy atom. The van der Waals surface area contributed by atoms with E-state index >= 15 is 0 Å². The first kappa shape index (κ1) is 13.0. The number of halogens is 2. The predicted octanol–water partition coefficient (Wildman–Crippen LogP) is 4.73. The fourth-order valence-corrected chi connectivity index (χ4v) is 4.38. The van der Waals surface area contributed by atoms with Gasteiger partial charge >= 0.3 is 0 Å². The quantitative estimate of drug-likeness (QED) is 0.590. The highest BCUT2D eigenvalue weighted by Crippen LogP contribution is 2.37. The number of aromatic nitrogens is 2. The number of hydrogen-bond acceptors (Lipinski definition) is 3. The van der Waals surface area contributed by atoms with Crippen LogP contribution in [-0.2, 0) is 0 Å². The first-order valence-electron chi connectivity index (χ1n) is 5.17. The molecule has 0 saturated heterocycles. The molecule has 2 aromatic heterocycles. The van der Waals surface area contributed by atoms with Crippen molar-refractivity contribution in [3.05, 3.63) is 22.4 Å². The summed E-state index contributed by atoms with van der Waals surface area (Å²) in [4.78, 5) is 8.48. The first-order chi connectivity index (χ1) is 8.04. The molecule has 0 aliphatic heterocycles. The molecule has 90 valence electrons. The molecule has 0 spiro atoms. The molecule has 2 nitrogen and oxygen atoms in total. The van der Waals surface area contributed by atoms with Crippen molar-refractivity contribution in [2.45, 2.75) is 25.5 Å². The van der Waals surface area contributed by atoms with Gasteiger partial charge in [-0.3, -0.25) is 0 Å². The van der Waals surface area contributed by atoms with Gasteiger partial charge in [-0.1, -0.05) is 18.5 Å². The van der Waals surface area contributed by atoms with E-state index in [-0.39, 0.29) is 5.15 Å². The van der Waals surface area contributed by atoms with Crippen molar-refractivity contribution in [2.75, 3.05) is 5.75 Å². The van der Waals surface area contributed by atoms with E-state index in [4.69, 9.17) is 11.6 Å². The van der Waals surface area contributed by atoms with E-state index in [9.17, 15) is 4.39 Å². The van der Waals surface area contributed by atoms with Crippen LogP contribution in [0.2, 0.25) is 5.15 Å². The van der Waals surface area contributed by atoms with Gasteiger partial charge in [-0.2, -0.15) is 0 Å². The van der Waals surface area contributed by atoms with E-state index in [1.54, 1.807) is 11.8 Å². The fraction of sp³-hybridized carbons (Fsp3) is 0.364. The summed E-state index contributed by atoms with van der Waals surface area (Å²) in [7, 11) is 0.787. The monoisotopic (exact) mass is 288 g/mol. The summed E-state index contributed by atoms with van der Waals surface area (Å²) in [5.41, 5.74) is 1.55. The molecule has 0 radical (unpaired) electrons. The lowest BCUT2D eigenvalue weighted by Gasteiger charge is -2.08. The average Bonchev–Trinajstić information content (AvgIpc) is 2.25. The third-order valence-electron chi connectivity index (χ3n) is 2.36. The molecule has 0 N–H and O–H groups in total. The van der Waals surface area contributed by atoms with Crippen LogP contribution in [0.3, 0.4) is 0 Å². The van der Waals surface area contributed by atoms with Gasteiger partial charge in [0, 0.05) is 16.8 Å². The molecule has 0 aliphatic carbocycles. The van der Waals surface area contributed by atoms with Crippen LogP contribution in [0.15, 0.2) is 4.76 Å². The SMILES string of the molecule is CCSc1nc(C)c2c(C)nc(Cl)c(F)c2p1. The molecule has 2 rings (SSSR count). The van der Waals surface area contributed by atoms with E-state index in [0.29, 0.717) is 5.12 Å². The smallest absolute Gasteiger partial charge is 0.173 e. The summed E-state index contributed by atoms with van der Waals surface area (Å²) in [5.74, 6) is 0.505. The lowest BCUT2D eigenvalue weighted by molar-refractivity contribution is 0.635. The molecule has 0 atom stereocenters. The van der Waals surface area contributed by atoms with Crippen molar-refractivity contribution in [1.82, 2.24) is 9.97 Å². The topological polar surface area (TPSA) is 25.8 Å². The van der Waals surface area contributed by atoms with Crippen molar-refractivity contribution < 1.29 is 4.39 Å². The maximum atomic E-state index is 14.0. The lowest BCUT2D eigenvalue weighted by atomic mass is 10.2. The number of pyridine rings is 1. The zero-order valence-electron chi connectivity index (χ0n) is 9.71. The zero-order chi connectivity index (χ0) is 12.6. The van der Waals surface area contributed by atoms with E-state index in [1.807, 2.05) is 13.8 Å². The third kappa shape index (κ3) is 2.40. The van der Waals surface area contributed by atoms with Crippen LogP contribution < -0.4 is 0 Å². The Labute approximate surface area is 110 Å². The second-order valence-electron chi connectivity index (χ2n) is 3.55. The van der Waals surface area contributed by atoms with Crippen molar-refractivity contribution >= 4 is 42.1 Å². The van der Waals surface area contributed by atoms with Crippen molar-refractivity contribution in [2.24, 2.45) is 0 Å². The Morgan fingerprint density at radius 3 is 2.59 bits per heavy atom. The van der Waals surface area contributed by atoms with Gasteiger partial charge in [0.1, 0.15) is 4.76 Å². The van der Waals surface area contributed by atoms with E-state index < -0.39 is 5.82 Å². The Bertz CT molecular complexity index is 591. The minimum Gasteiger partial charge on any atom is -0.241 e. The Balaban J connectivity index is 2.81. The largest absolute Gasteiger partial charge is 0.241 e. The molecule has 2 heterocycles. The van der Waals surface area contributed by atoms with Gasteiger partial charge in [0.15, 0.2) is 11.0 Å². The number of thioether (sulfide) groups is 1. The number of nitrogens with zero attached hydrogens (tertiary/aromatic N) is 2. The standard InChI is InChI=1S/C11H11ClFN2PS/c1-4-17-11-15-6(3)7-5(2)14-10(12)8(13)9(7)16-11/h4H2,1-3H3. The highest BCUT2D eigenvalue weighted by molar-refractivity contribution is 8.01. The molecule has 0 aliphatic rings. The Morgan fingerprint density at radius 1 is 1.29 bits per heavy atom. The number of fused-ring (bicyclic) bond motifs is 1. The minimum atomic E-state index is -0.419. The van der Waals surface area contributed by atoms with Gasteiger partial charge in [-0.15, -0.1) is 11.8 Å². The maximum absolute atomic E-state index is 14.0. The molecule has 0 unspecified atom stereocenters. The number of aryl methyl sites for hydroxylation is 2. The van der Waals surface area contributed by atoms with Crippen LogP contribution in [0.4, 0.5) is 4.39 Å². The molecule has 0 saturated carbocycles.